The summed E-state index contributed by atoms with van der Waals surface area (Å²) in [5.74, 6) is -0.604. The standard InChI is InChI=1S/C15H14ClFN2O2/c1-21-11-5-3-10(4-6-11)19-14(15(18)20)12-7-2-9(16)8-13(12)17/h2-8,14,19H,1H3,(H2,18,20). The van der Waals surface area contributed by atoms with Gasteiger partial charge in [-0.2, -0.15) is 0 Å². The van der Waals surface area contributed by atoms with Gasteiger partial charge in [0.05, 0.1) is 7.11 Å². The molecular formula is C15H14ClFN2O2. The molecule has 1 amide bonds. The lowest BCUT2D eigenvalue weighted by molar-refractivity contribution is -0.118. The number of benzene rings is 2. The number of anilines is 1. The maximum Gasteiger partial charge on any atom is 0.244 e. The van der Waals surface area contributed by atoms with Crippen molar-refractivity contribution in [3.63, 3.8) is 0 Å². The predicted molar refractivity (Wildman–Crippen MR) is 80.0 cm³/mol. The van der Waals surface area contributed by atoms with E-state index in [9.17, 15) is 9.18 Å². The lowest BCUT2D eigenvalue weighted by Gasteiger charge is -2.18. The number of carbonyl (C=O) groups is 1. The number of primary amides is 1. The van der Waals surface area contributed by atoms with E-state index in [0.717, 1.165) is 6.07 Å². The molecule has 0 fully saturated rings. The van der Waals surface area contributed by atoms with Gasteiger partial charge < -0.3 is 15.8 Å². The smallest absolute Gasteiger partial charge is 0.244 e. The highest BCUT2D eigenvalue weighted by atomic mass is 35.5. The molecule has 0 saturated carbocycles. The van der Waals surface area contributed by atoms with E-state index in [1.165, 1.54) is 12.1 Å². The maximum absolute atomic E-state index is 13.9. The van der Waals surface area contributed by atoms with Crippen molar-refractivity contribution in [2.24, 2.45) is 5.73 Å². The zero-order valence-corrected chi connectivity index (χ0v) is 12.0. The Morgan fingerprint density at radius 2 is 1.95 bits per heavy atom. The van der Waals surface area contributed by atoms with Gasteiger partial charge in [0.2, 0.25) is 5.91 Å². The molecule has 0 aliphatic carbocycles. The molecular weight excluding hydrogens is 295 g/mol. The maximum atomic E-state index is 13.9. The van der Waals surface area contributed by atoms with Gasteiger partial charge in [-0.25, -0.2) is 4.39 Å². The van der Waals surface area contributed by atoms with E-state index < -0.39 is 17.8 Å². The van der Waals surface area contributed by atoms with Crippen LogP contribution in [0, 0.1) is 5.82 Å². The third kappa shape index (κ3) is 3.64. The zero-order valence-electron chi connectivity index (χ0n) is 11.3. The van der Waals surface area contributed by atoms with Crippen molar-refractivity contribution in [3.05, 3.63) is 58.9 Å². The van der Waals surface area contributed by atoms with Gasteiger partial charge in [-0.3, -0.25) is 4.79 Å². The molecule has 0 bridgehead atoms. The van der Waals surface area contributed by atoms with Crippen LogP contribution in [0.4, 0.5) is 10.1 Å². The van der Waals surface area contributed by atoms with Crippen molar-refractivity contribution in [3.8, 4) is 5.75 Å². The third-order valence-corrected chi connectivity index (χ3v) is 3.19. The van der Waals surface area contributed by atoms with Gasteiger partial charge in [-0.1, -0.05) is 17.7 Å². The summed E-state index contributed by atoms with van der Waals surface area (Å²) in [5.41, 5.74) is 6.11. The second-order valence-electron chi connectivity index (χ2n) is 4.37. The lowest BCUT2D eigenvalue weighted by Crippen LogP contribution is -2.28. The largest absolute Gasteiger partial charge is 0.497 e. The van der Waals surface area contributed by atoms with Gasteiger partial charge in [0.25, 0.3) is 0 Å². The molecule has 4 nitrogen and oxygen atoms in total. The minimum Gasteiger partial charge on any atom is -0.497 e. The fourth-order valence-electron chi connectivity index (χ4n) is 1.89. The number of rotatable bonds is 5. The monoisotopic (exact) mass is 308 g/mol. The summed E-state index contributed by atoms with van der Waals surface area (Å²) in [6, 6.07) is 9.95. The molecule has 0 heterocycles. The first-order valence-electron chi connectivity index (χ1n) is 6.16. The highest BCUT2D eigenvalue weighted by Gasteiger charge is 2.21. The van der Waals surface area contributed by atoms with Gasteiger partial charge in [-0.15, -0.1) is 0 Å². The quantitative estimate of drug-likeness (QED) is 0.892. The Balaban J connectivity index is 2.28. The highest BCUT2D eigenvalue weighted by Crippen LogP contribution is 2.25. The molecule has 2 aromatic carbocycles. The second kappa shape index (κ2) is 6.45. The third-order valence-electron chi connectivity index (χ3n) is 2.96. The molecule has 0 radical (unpaired) electrons. The molecule has 21 heavy (non-hydrogen) atoms. The molecule has 0 aliphatic rings. The van der Waals surface area contributed by atoms with Crippen LogP contribution in [0.1, 0.15) is 11.6 Å². The molecule has 6 heteroatoms. The average Bonchev–Trinajstić information content (AvgIpc) is 2.46. The number of amides is 1. The Bertz CT molecular complexity index is 647. The zero-order chi connectivity index (χ0) is 15.4. The predicted octanol–water partition coefficient (Wildman–Crippen LogP) is 3.13. The number of hydrogen-bond donors (Lipinski definition) is 2. The Labute approximate surface area is 126 Å². The van der Waals surface area contributed by atoms with E-state index >= 15 is 0 Å². The molecule has 0 aromatic heterocycles. The van der Waals surface area contributed by atoms with Gasteiger partial charge in [0, 0.05) is 16.3 Å². The van der Waals surface area contributed by atoms with Crippen LogP contribution in [-0.2, 0) is 4.79 Å². The number of nitrogens with two attached hydrogens (primary N) is 1. The fourth-order valence-corrected chi connectivity index (χ4v) is 2.05. The van der Waals surface area contributed by atoms with Crippen molar-refractivity contribution in [1.82, 2.24) is 0 Å². The van der Waals surface area contributed by atoms with Crippen molar-refractivity contribution in [1.29, 1.82) is 0 Å². The summed E-state index contributed by atoms with van der Waals surface area (Å²) < 4.78 is 19.0. The van der Waals surface area contributed by atoms with Crippen LogP contribution in [0.15, 0.2) is 42.5 Å². The molecule has 2 aromatic rings. The molecule has 0 spiro atoms. The van der Waals surface area contributed by atoms with Gasteiger partial charge in [0.15, 0.2) is 0 Å². The Kier molecular flexibility index (Phi) is 4.65. The van der Waals surface area contributed by atoms with Gasteiger partial charge in [0.1, 0.15) is 17.6 Å². The molecule has 2 rings (SSSR count). The van der Waals surface area contributed by atoms with E-state index in [-0.39, 0.29) is 10.6 Å². The van der Waals surface area contributed by atoms with Crippen LogP contribution in [0.25, 0.3) is 0 Å². The van der Waals surface area contributed by atoms with Crippen molar-refractivity contribution < 1.29 is 13.9 Å². The number of ether oxygens (including phenoxy) is 1. The van der Waals surface area contributed by atoms with Crippen molar-refractivity contribution in [2.45, 2.75) is 6.04 Å². The fraction of sp³-hybridized carbons (Fsp3) is 0.133. The van der Waals surface area contributed by atoms with E-state index in [4.69, 9.17) is 22.1 Å². The van der Waals surface area contributed by atoms with E-state index in [1.807, 2.05) is 0 Å². The van der Waals surface area contributed by atoms with Gasteiger partial charge in [-0.05, 0) is 36.4 Å². The van der Waals surface area contributed by atoms with E-state index in [2.05, 4.69) is 5.32 Å². The molecule has 0 aliphatic heterocycles. The van der Waals surface area contributed by atoms with Crippen LogP contribution in [0.5, 0.6) is 5.75 Å². The topological polar surface area (TPSA) is 64.3 Å². The Morgan fingerprint density at radius 3 is 2.48 bits per heavy atom. The molecule has 0 saturated heterocycles. The van der Waals surface area contributed by atoms with Gasteiger partial charge >= 0.3 is 0 Å². The molecule has 1 atom stereocenters. The van der Waals surface area contributed by atoms with Crippen molar-refractivity contribution >= 4 is 23.2 Å². The average molecular weight is 309 g/mol. The van der Waals surface area contributed by atoms with E-state index in [1.54, 1.807) is 31.4 Å². The van der Waals surface area contributed by atoms with Crippen LogP contribution in [0.2, 0.25) is 5.02 Å². The summed E-state index contributed by atoms with van der Waals surface area (Å²) in [4.78, 5) is 11.6. The molecule has 1 unspecified atom stereocenters. The number of hydrogen-bond acceptors (Lipinski definition) is 3. The Hall–Kier alpha value is -2.27. The first-order valence-corrected chi connectivity index (χ1v) is 6.54. The number of nitrogens with one attached hydrogen (secondary N) is 1. The number of methoxy groups -OCH3 is 1. The minimum absolute atomic E-state index is 0.141. The Morgan fingerprint density at radius 1 is 1.29 bits per heavy atom. The van der Waals surface area contributed by atoms with Crippen LogP contribution in [0.3, 0.4) is 0 Å². The molecule has 3 N–H and O–H groups in total. The first kappa shape index (κ1) is 15.1. The summed E-state index contributed by atoms with van der Waals surface area (Å²) in [6.45, 7) is 0. The van der Waals surface area contributed by atoms with Crippen LogP contribution >= 0.6 is 11.6 Å². The van der Waals surface area contributed by atoms with E-state index in [0.29, 0.717) is 11.4 Å². The minimum atomic E-state index is -0.990. The van der Waals surface area contributed by atoms with Crippen LogP contribution < -0.4 is 15.8 Å². The normalized spacial score (nSPS) is 11.8. The molecule has 110 valence electrons. The van der Waals surface area contributed by atoms with Crippen molar-refractivity contribution in [2.75, 3.05) is 12.4 Å². The summed E-state index contributed by atoms with van der Waals surface area (Å²) in [5, 5.41) is 3.15. The lowest BCUT2D eigenvalue weighted by atomic mass is 10.1. The second-order valence-corrected chi connectivity index (χ2v) is 4.81. The number of carbonyl (C=O) groups excluding carboxylic acids is 1. The first-order chi connectivity index (χ1) is 10.0. The highest BCUT2D eigenvalue weighted by molar-refractivity contribution is 6.30. The summed E-state index contributed by atoms with van der Waals surface area (Å²) in [7, 11) is 1.55. The van der Waals surface area contributed by atoms with Crippen LogP contribution in [-0.4, -0.2) is 13.0 Å². The summed E-state index contributed by atoms with van der Waals surface area (Å²) in [6.07, 6.45) is 0. The SMILES string of the molecule is COc1ccc(NC(C(N)=O)c2ccc(Cl)cc2F)cc1. The number of halogens is 2. The summed E-state index contributed by atoms with van der Waals surface area (Å²) >= 11 is 5.70.